The van der Waals surface area contributed by atoms with E-state index in [9.17, 15) is 4.79 Å². The van der Waals surface area contributed by atoms with Gasteiger partial charge in [0, 0.05) is 56.7 Å². The number of nitrogens with zero attached hydrogens (tertiary/aromatic N) is 4. The van der Waals surface area contributed by atoms with Gasteiger partial charge >= 0.3 is 0 Å². The van der Waals surface area contributed by atoms with Gasteiger partial charge in [0.25, 0.3) is 0 Å². The van der Waals surface area contributed by atoms with Gasteiger partial charge in [-0.1, -0.05) is 11.2 Å². The average Bonchev–Trinajstić information content (AvgIpc) is 3.35. The molecule has 2 aliphatic rings. The Morgan fingerprint density at radius 2 is 2.11 bits per heavy atom. The number of carbonyl (C=O) groups excluding carboxylic acids is 1. The van der Waals surface area contributed by atoms with Crippen LogP contribution in [0.2, 0.25) is 0 Å². The van der Waals surface area contributed by atoms with Crippen molar-refractivity contribution in [3.8, 4) is 10.7 Å². The van der Waals surface area contributed by atoms with Crippen molar-refractivity contribution in [3.05, 3.63) is 23.4 Å². The van der Waals surface area contributed by atoms with Gasteiger partial charge in [-0.25, -0.2) is 0 Å². The lowest BCUT2D eigenvalue weighted by atomic mass is 10.2. The number of amides is 1. The number of thioether (sulfide) groups is 1. The van der Waals surface area contributed by atoms with Crippen LogP contribution in [0.1, 0.15) is 12.3 Å². The molecule has 1 atom stereocenters. The van der Waals surface area contributed by atoms with Crippen LogP contribution in [-0.4, -0.2) is 76.1 Å². The fourth-order valence-electron chi connectivity index (χ4n) is 3.26. The normalized spacial score (nSPS) is 20.3. The van der Waals surface area contributed by atoms with Crippen LogP contribution >= 0.6 is 47.9 Å². The van der Waals surface area contributed by atoms with E-state index in [1.54, 1.807) is 11.3 Å². The third kappa shape index (κ3) is 6.08. The second-order valence-electron chi connectivity index (χ2n) is 6.58. The predicted molar refractivity (Wildman–Crippen MR) is 118 cm³/mol. The van der Waals surface area contributed by atoms with E-state index in [0.29, 0.717) is 30.7 Å². The van der Waals surface area contributed by atoms with Crippen molar-refractivity contribution in [1.29, 1.82) is 0 Å². The summed E-state index contributed by atoms with van der Waals surface area (Å²) in [6.07, 6.45) is 0.612. The van der Waals surface area contributed by atoms with Crippen molar-refractivity contribution in [2.45, 2.75) is 19.0 Å². The Labute approximate surface area is 185 Å². The lowest BCUT2D eigenvalue weighted by molar-refractivity contribution is -0.133. The van der Waals surface area contributed by atoms with E-state index in [-0.39, 0.29) is 30.7 Å². The van der Waals surface area contributed by atoms with Crippen LogP contribution in [0.5, 0.6) is 0 Å². The minimum Gasteiger partial charge on any atom is -0.340 e. The molecular weight excluding hydrogens is 441 g/mol. The van der Waals surface area contributed by atoms with E-state index in [1.807, 2.05) is 34.2 Å². The van der Waals surface area contributed by atoms with Gasteiger partial charge in [0.05, 0.1) is 11.4 Å². The van der Waals surface area contributed by atoms with Gasteiger partial charge in [-0.15, -0.1) is 36.2 Å². The molecule has 0 spiro atoms. The molecular formula is C17H25Cl2N5O2S2. The first-order valence-electron chi connectivity index (χ1n) is 8.95. The molecule has 1 unspecified atom stereocenters. The summed E-state index contributed by atoms with van der Waals surface area (Å²) in [6.45, 7) is 4.87. The Morgan fingerprint density at radius 3 is 2.79 bits per heavy atom. The molecule has 2 aliphatic heterocycles. The molecule has 0 saturated carbocycles. The zero-order valence-corrected chi connectivity index (χ0v) is 18.7. The highest BCUT2D eigenvalue weighted by atomic mass is 35.5. The summed E-state index contributed by atoms with van der Waals surface area (Å²) in [7, 11) is 0. The zero-order valence-electron chi connectivity index (χ0n) is 15.4. The maximum atomic E-state index is 12.5. The Hall–Kier alpha value is -0.840. The van der Waals surface area contributed by atoms with Crippen LogP contribution in [0.3, 0.4) is 0 Å². The molecule has 0 radical (unpaired) electrons. The van der Waals surface area contributed by atoms with E-state index in [4.69, 9.17) is 4.52 Å². The summed E-state index contributed by atoms with van der Waals surface area (Å²) in [5.74, 6) is 3.74. The lowest BCUT2D eigenvalue weighted by Crippen LogP contribution is -2.50. The van der Waals surface area contributed by atoms with Gasteiger partial charge in [-0.2, -0.15) is 16.7 Å². The van der Waals surface area contributed by atoms with E-state index >= 15 is 0 Å². The molecule has 7 nitrogen and oxygen atoms in total. The Balaban J connectivity index is 0.00000140. The van der Waals surface area contributed by atoms with Crippen LogP contribution in [-0.2, 0) is 11.3 Å². The predicted octanol–water partition coefficient (Wildman–Crippen LogP) is 2.38. The van der Waals surface area contributed by atoms with Gasteiger partial charge in [0.2, 0.25) is 17.6 Å². The first kappa shape index (κ1) is 23.4. The molecule has 1 amide bonds. The second kappa shape index (κ2) is 11.4. The third-order valence-corrected chi connectivity index (χ3v) is 6.71. The van der Waals surface area contributed by atoms with Gasteiger partial charge in [0.15, 0.2) is 0 Å². The van der Waals surface area contributed by atoms with E-state index in [2.05, 4.69) is 20.4 Å². The number of thiophene rings is 1. The van der Waals surface area contributed by atoms with Crippen molar-refractivity contribution in [2.24, 2.45) is 0 Å². The molecule has 156 valence electrons. The standard InChI is InChI=1S/C17H23N5O2S2.2ClH/c23-16(10-13-12-25-9-3-18-13)22-6-4-21(5-7-22)11-15-19-17(20-24-15)14-2-1-8-26-14;;/h1-2,8,13,18H,3-7,9-12H2;2*1H. The summed E-state index contributed by atoms with van der Waals surface area (Å²) >= 11 is 3.53. The largest absolute Gasteiger partial charge is 0.340 e. The van der Waals surface area contributed by atoms with Gasteiger partial charge < -0.3 is 14.7 Å². The number of hydrogen-bond donors (Lipinski definition) is 1. The van der Waals surface area contributed by atoms with Crippen molar-refractivity contribution < 1.29 is 9.32 Å². The molecule has 0 bridgehead atoms. The first-order chi connectivity index (χ1) is 12.8. The van der Waals surface area contributed by atoms with Gasteiger partial charge in [0.1, 0.15) is 0 Å². The molecule has 2 aromatic rings. The number of piperazine rings is 1. The van der Waals surface area contributed by atoms with E-state index in [1.165, 1.54) is 0 Å². The first-order valence-corrected chi connectivity index (χ1v) is 11.0. The Morgan fingerprint density at radius 1 is 1.29 bits per heavy atom. The molecule has 1 N–H and O–H groups in total. The summed E-state index contributed by atoms with van der Waals surface area (Å²) in [5.41, 5.74) is 0. The van der Waals surface area contributed by atoms with Gasteiger partial charge in [-0.3, -0.25) is 9.69 Å². The fourth-order valence-corrected chi connectivity index (χ4v) is 4.86. The smallest absolute Gasteiger partial charge is 0.241 e. The average molecular weight is 466 g/mol. The summed E-state index contributed by atoms with van der Waals surface area (Å²) in [5, 5.41) is 9.50. The molecule has 2 fully saturated rings. The fraction of sp³-hybridized carbons (Fsp3) is 0.588. The van der Waals surface area contributed by atoms with Crippen LogP contribution in [0, 0.1) is 0 Å². The van der Waals surface area contributed by atoms with Crippen LogP contribution in [0.4, 0.5) is 0 Å². The number of halogens is 2. The van der Waals surface area contributed by atoms with Crippen LogP contribution in [0.25, 0.3) is 10.7 Å². The van der Waals surface area contributed by atoms with Gasteiger partial charge in [-0.05, 0) is 11.4 Å². The van der Waals surface area contributed by atoms with Crippen molar-refractivity contribution in [1.82, 2.24) is 25.3 Å². The number of nitrogens with one attached hydrogen (secondary N) is 1. The molecule has 28 heavy (non-hydrogen) atoms. The molecule has 4 rings (SSSR count). The Kier molecular flexibility index (Phi) is 9.52. The van der Waals surface area contributed by atoms with Crippen molar-refractivity contribution in [2.75, 3.05) is 44.2 Å². The molecule has 2 saturated heterocycles. The third-order valence-electron chi connectivity index (χ3n) is 4.71. The summed E-state index contributed by atoms with van der Waals surface area (Å²) in [6, 6.07) is 4.30. The molecule has 0 aliphatic carbocycles. The number of aromatic nitrogens is 2. The maximum Gasteiger partial charge on any atom is 0.241 e. The highest BCUT2D eigenvalue weighted by Gasteiger charge is 2.25. The SMILES string of the molecule is Cl.Cl.O=C(CC1CSCCN1)N1CCN(Cc2nc(-c3cccs3)no2)CC1. The van der Waals surface area contributed by atoms with Crippen LogP contribution in [0.15, 0.2) is 22.0 Å². The molecule has 11 heteroatoms. The highest BCUT2D eigenvalue weighted by molar-refractivity contribution is 7.99. The van der Waals surface area contributed by atoms with E-state index in [0.717, 1.165) is 49.1 Å². The minimum atomic E-state index is 0. The van der Waals surface area contributed by atoms with Crippen LogP contribution < -0.4 is 5.32 Å². The highest BCUT2D eigenvalue weighted by Crippen LogP contribution is 2.21. The Bertz CT molecular complexity index is 717. The van der Waals surface area contributed by atoms with Crippen molar-refractivity contribution in [3.63, 3.8) is 0 Å². The van der Waals surface area contributed by atoms with Crippen molar-refractivity contribution >= 4 is 53.8 Å². The number of carbonyl (C=O) groups is 1. The minimum absolute atomic E-state index is 0. The lowest BCUT2D eigenvalue weighted by Gasteiger charge is -2.35. The number of rotatable bonds is 5. The topological polar surface area (TPSA) is 74.5 Å². The van der Waals surface area contributed by atoms with E-state index < -0.39 is 0 Å². The number of hydrogen-bond acceptors (Lipinski definition) is 8. The second-order valence-corrected chi connectivity index (χ2v) is 8.67. The molecule has 2 aromatic heterocycles. The monoisotopic (exact) mass is 465 g/mol. The molecule has 4 heterocycles. The zero-order chi connectivity index (χ0) is 17.8. The maximum absolute atomic E-state index is 12.5. The summed E-state index contributed by atoms with van der Waals surface area (Å²) in [4.78, 5) is 22.2. The quantitative estimate of drug-likeness (QED) is 0.725. The summed E-state index contributed by atoms with van der Waals surface area (Å²) < 4.78 is 5.38. The molecule has 0 aromatic carbocycles.